The molecule has 1 aromatic heterocycles. The van der Waals surface area contributed by atoms with Gasteiger partial charge >= 0.3 is 0 Å². The average Bonchev–Trinajstić information content (AvgIpc) is 3.11. The van der Waals surface area contributed by atoms with Crippen molar-refractivity contribution in [3.63, 3.8) is 0 Å². The molecule has 26 heavy (non-hydrogen) atoms. The first-order valence-electron chi connectivity index (χ1n) is 8.69. The molecular weight excluding hydrogens is 326 g/mol. The summed E-state index contributed by atoms with van der Waals surface area (Å²) < 4.78 is 7.63. The van der Waals surface area contributed by atoms with E-state index >= 15 is 0 Å². The lowest BCUT2D eigenvalue weighted by Crippen LogP contribution is -2.31. The van der Waals surface area contributed by atoms with Gasteiger partial charge in [-0.2, -0.15) is 0 Å². The Morgan fingerprint density at radius 3 is 2.81 bits per heavy atom. The van der Waals surface area contributed by atoms with Crippen molar-refractivity contribution < 1.29 is 9.53 Å². The van der Waals surface area contributed by atoms with Gasteiger partial charge in [0.2, 0.25) is 0 Å². The Morgan fingerprint density at radius 1 is 1.15 bits per heavy atom. The minimum absolute atomic E-state index is 0.0151. The summed E-state index contributed by atoms with van der Waals surface area (Å²) in [5.74, 6) is 1.60. The molecule has 5 nitrogen and oxygen atoms in total. The van der Waals surface area contributed by atoms with Crippen molar-refractivity contribution >= 4 is 5.91 Å². The van der Waals surface area contributed by atoms with Crippen LogP contribution in [-0.4, -0.2) is 29.1 Å². The third-order valence-corrected chi connectivity index (χ3v) is 4.80. The monoisotopic (exact) mass is 347 g/mol. The Labute approximate surface area is 152 Å². The molecular formula is C21H21N3O2. The van der Waals surface area contributed by atoms with Crippen LogP contribution in [0.4, 0.5) is 0 Å². The summed E-state index contributed by atoms with van der Waals surface area (Å²) in [4.78, 5) is 16.8. The number of fused-ring (bicyclic) bond motifs is 1. The third-order valence-electron chi connectivity index (χ3n) is 4.80. The molecule has 132 valence electrons. The SMILES string of the molecule is COc1c(C)cc(C)cc1-c1nccn1-c1ccc2c(c1)C(=O)NCC2. The van der Waals surface area contributed by atoms with E-state index < -0.39 is 0 Å². The van der Waals surface area contributed by atoms with E-state index in [1.807, 2.05) is 35.9 Å². The molecule has 1 aliphatic rings. The number of amides is 1. The van der Waals surface area contributed by atoms with Crippen LogP contribution in [0.3, 0.4) is 0 Å². The zero-order valence-corrected chi connectivity index (χ0v) is 15.2. The quantitative estimate of drug-likeness (QED) is 0.789. The Hall–Kier alpha value is -3.08. The zero-order chi connectivity index (χ0) is 18.3. The number of hydrogen-bond acceptors (Lipinski definition) is 3. The number of methoxy groups -OCH3 is 1. The van der Waals surface area contributed by atoms with E-state index in [9.17, 15) is 4.79 Å². The van der Waals surface area contributed by atoms with Crippen molar-refractivity contribution in [1.82, 2.24) is 14.9 Å². The maximum absolute atomic E-state index is 12.2. The zero-order valence-electron chi connectivity index (χ0n) is 15.2. The summed E-state index contributed by atoms with van der Waals surface area (Å²) in [6.45, 7) is 4.79. The van der Waals surface area contributed by atoms with E-state index in [2.05, 4.69) is 29.4 Å². The Balaban J connectivity index is 1.87. The van der Waals surface area contributed by atoms with E-state index in [0.29, 0.717) is 6.54 Å². The summed E-state index contributed by atoms with van der Waals surface area (Å²) in [5.41, 5.74) is 5.90. The van der Waals surface area contributed by atoms with Crippen LogP contribution < -0.4 is 10.1 Å². The summed E-state index contributed by atoms with van der Waals surface area (Å²) in [6, 6.07) is 10.2. The van der Waals surface area contributed by atoms with Crippen LogP contribution in [0.1, 0.15) is 27.0 Å². The summed E-state index contributed by atoms with van der Waals surface area (Å²) >= 11 is 0. The number of ether oxygens (including phenoxy) is 1. The van der Waals surface area contributed by atoms with Gasteiger partial charge in [0.1, 0.15) is 11.6 Å². The van der Waals surface area contributed by atoms with Gasteiger partial charge in [-0.05, 0) is 55.2 Å². The largest absolute Gasteiger partial charge is 0.496 e. The molecule has 1 N–H and O–H groups in total. The van der Waals surface area contributed by atoms with Crippen molar-refractivity contribution in [2.45, 2.75) is 20.3 Å². The first-order valence-corrected chi connectivity index (χ1v) is 8.69. The van der Waals surface area contributed by atoms with E-state index in [1.54, 1.807) is 13.3 Å². The van der Waals surface area contributed by atoms with Gasteiger partial charge in [-0.1, -0.05) is 12.1 Å². The molecule has 2 heterocycles. The second kappa shape index (κ2) is 6.33. The number of aromatic nitrogens is 2. The van der Waals surface area contributed by atoms with Crippen molar-refractivity contribution in [3.05, 3.63) is 65.0 Å². The molecule has 4 rings (SSSR count). The van der Waals surface area contributed by atoms with Crippen molar-refractivity contribution in [3.8, 4) is 22.8 Å². The van der Waals surface area contributed by atoms with Crippen LogP contribution in [0.25, 0.3) is 17.1 Å². The number of aryl methyl sites for hydroxylation is 2. The van der Waals surface area contributed by atoms with Crippen LogP contribution in [0.2, 0.25) is 0 Å². The molecule has 0 bridgehead atoms. The highest BCUT2D eigenvalue weighted by atomic mass is 16.5. The van der Waals surface area contributed by atoms with Crippen LogP contribution in [0, 0.1) is 13.8 Å². The highest BCUT2D eigenvalue weighted by Gasteiger charge is 2.19. The van der Waals surface area contributed by atoms with Gasteiger partial charge < -0.3 is 10.1 Å². The van der Waals surface area contributed by atoms with E-state index in [-0.39, 0.29) is 5.91 Å². The lowest BCUT2D eigenvalue weighted by molar-refractivity contribution is 0.0946. The van der Waals surface area contributed by atoms with Gasteiger partial charge in [0.15, 0.2) is 0 Å². The fraction of sp³-hybridized carbons (Fsp3) is 0.238. The molecule has 0 saturated carbocycles. The molecule has 1 amide bonds. The molecule has 0 saturated heterocycles. The topological polar surface area (TPSA) is 56.2 Å². The van der Waals surface area contributed by atoms with E-state index in [1.165, 1.54) is 0 Å². The second-order valence-electron chi connectivity index (χ2n) is 6.63. The van der Waals surface area contributed by atoms with Gasteiger partial charge in [0.25, 0.3) is 5.91 Å². The summed E-state index contributed by atoms with van der Waals surface area (Å²) in [5, 5.41) is 2.91. The molecule has 0 fully saturated rings. The minimum Gasteiger partial charge on any atom is -0.496 e. The Kier molecular flexibility index (Phi) is 3.99. The average molecular weight is 347 g/mol. The normalized spacial score (nSPS) is 13.3. The molecule has 2 aromatic carbocycles. The number of rotatable bonds is 3. The lowest BCUT2D eigenvalue weighted by Gasteiger charge is -2.18. The minimum atomic E-state index is -0.0151. The van der Waals surface area contributed by atoms with E-state index in [0.717, 1.165) is 51.5 Å². The number of imidazole rings is 1. The highest BCUT2D eigenvalue weighted by molar-refractivity contribution is 5.97. The van der Waals surface area contributed by atoms with Crippen LogP contribution in [-0.2, 0) is 6.42 Å². The fourth-order valence-electron chi connectivity index (χ4n) is 3.65. The molecule has 5 heteroatoms. The number of nitrogens with one attached hydrogen (secondary N) is 1. The number of carbonyl (C=O) groups excluding carboxylic acids is 1. The van der Waals surface area contributed by atoms with Gasteiger partial charge in [0, 0.05) is 30.2 Å². The van der Waals surface area contributed by atoms with Gasteiger partial charge in [-0.3, -0.25) is 9.36 Å². The van der Waals surface area contributed by atoms with Gasteiger partial charge in [-0.15, -0.1) is 0 Å². The van der Waals surface area contributed by atoms with Gasteiger partial charge in [0.05, 0.1) is 12.7 Å². The smallest absolute Gasteiger partial charge is 0.251 e. The lowest BCUT2D eigenvalue weighted by atomic mass is 9.99. The van der Waals surface area contributed by atoms with Crippen molar-refractivity contribution in [2.24, 2.45) is 0 Å². The molecule has 0 radical (unpaired) electrons. The van der Waals surface area contributed by atoms with Gasteiger partial charge in [-0.25, -0.2) is 4.98 Å². The summed E-state index contributed by atoms with van der Waals surface area (Å²) in [6.07, 6.45) is 4.55. The molecule has 0 aliphatic carbocycles. The number of nitrogens with zero attached hydrogens (tertiary/aromatic N) is 2. The molecule has 0 spiro atoms. The Bertz CT molecular complexity index is 1000. The fourth-order valence-corrected chi connectivity index (χ4v) is 3.65. The first kappa shape index (κ1) is 16.4. The first-order chi connectivity index (χ1) is 12.6. The molecule has 1 aliphatic heterocycles. The van der Waals surface area contributed by atoms with Crippen molar-refractivity contribution in [1.29, 1.82) is 0 Å². The maximum Gasteiger partial charge on any atom is 0.251 e. The predicted octanol–water partition coefficient (Wildman–Crippen LogP) is 3.45. The number of hydrogen-bond donors (Lipinski definition) is 1. The molecule has 3 aromatic rings. The number of benzene rings is 2. The van der Waals surface area contributed by atoms with Crippen molar-refractivity contribution in [2.75, 3.05) is 13.7 Å². The Morgan fingerprint density at radius 2 is 2.00 bits per heavy atom. The maximum atomic E-state index is 12.2. The van der Waals surface area contributed by atoms with E-state index in [4.69, 9.17) is 4.74 Å². The number of carbonyl (C=O) groups is 1. The molecule has 0 atom stereocenters. The third kappa shape index (κ3) is 2.65. The predicted molar refractivity (Wildman–Crippen MR) is 101 cm³/mol. The molecule has 0 unspecified atom stereocenters. The highest BCUT2D eigenvalue weighted by Crippen LogP contribution is 2.34. The second-order valence-corrected chi connectivity index (χ2v) is 6.63. The van der Waals surface area contributed by atoms with Crippen LogP contribution in [0.15, 0.2) is 42.7 Å². The standard InChI is InChI=1S/C21H21N3O2/c1-13-10-14(2)19(26-3)18(11-13)20-22-8-9-24(20)16-5-4-15-6-7-23-21(25)17(15)12-16/h4-5,8-12H,6-7H2,1-3H3,(H,23,25). The summed E-state index contributed by atoms with van der Waals surface area (Å²) in [7, 11) is 1.68. The van der Waals surface area contributed by atoms with Crippen LogP contribution in [0.5, 0.6) is 5.75 Å². The van der Waals surface area contributed by atoms with Crippen LogP contribution >= 0.6 is 0 Å².